The lowest BCUT2D eigenvalue weighted by Gasteiger charge is -2.09. The van der Waals surface area contributed by atoms with E-state index in [-0.39, 0.29) is 22.3 Å². The lowest BCUT2D eigenvalue weighted by molar-refractivity contribution is 0.583. The lowest BCUT2D eigenvalue weighted by Crippen LogP contribution is -2.13. The van der Waals surface area contributed by atoms with E-state index in [0.29, 0.717) is 17.1 Å². The SMILES string of the molecule is Cc1ccsc1-c1nnc(-c2nc(-c3ccc(S(=O)(=O)C(C)C)cc3)cnc2N)o1. The Morgan fingerprint density at radius 3 is 2.40 bits per heavy atom. The van der Waals surface area contributed by atoms with E-state index >= 15 is 0 Å². The number of sulfone groups is 1. The molecule has 0 aliphatic carbocycles. The van der Waals surface area contributed by atoms with Crippen molar-refractivity contribution in [2.24, 2.45) is 0 Å². The van der Waals surface area contributed by atoms with Crippen LogP contribution in [0.4, 0.5) is 5.82 Å². The van der Waals surface area contributed by atoms with Gasteiger partial charge >= 0.3 is 0 Å². The van der Waals surface area contributed by atoms with Crippen LogP contribution >= 0.6 is 11.3 Å². The maximum Gasteiger partial charge on any atom is 0.270 e. The van der Waals surface area contributed by atoms with Crippen LogP contribution in [0.2, 0.25) is 0 Å². The topological polar surface area (TPSA) is 125 Å². The zero-order valence-corrected chi connectivity index (χ0v) is 18.2. The summed E-state index contributed by atoms with van der Waals surface area (Å²) in [6, 6.07) is 8.47. The quantitative estimate of drug-likeness (QED) is 0.493. The van der Waals surface area contributed by atoms with Gasteiger partial charge in [0.1, 0.15) is 0 Å². The van der Waals surface area contributed by atoms with Gasteiger partial charge in [0.05, 0.1) is 26.9 Å². The zero-order valence-electron chi connectivity index (χ0n) is 16.5. The van der Waals surface area contributed by atoms with Gasteiger partial charge in [0.2, 0.25) is 0 Å². The number of thiophene rings is 1. The van der Waals surface area contributed by atoms with Gasteiger partial charge in [-0.25, -0.2) is 18.4 Å². The van der Waals surface area contributed by atoms with Crippen LogP contribution in [0.3, 0.4) is 0 Å². The summed E-state index contributed by atoms with van der Waals surface area (Å²) in [4.78, 5) is 9.87. The number of benzene rings is 1. The van der Waals surface area contributed by atoms with Gasteiger partial charge in [-0.05, 0) is 49.9 Å². The molecule has 0 bridgehead atoms. The molecule has 154 valence electrons. The van der Waals surface area contributed by atoms with Gasteiger partial charge in [-0.1, -0.05) is 12.1 Å². The number of aryl methyl sites for hydroxylation is 1. The van der Waals surface area contributed by atoms with E-state index in [2.05, 4.69) is 20.2 Å². The van der Waals surface area contributed by atoms with Gasteiger partial charge in [-0.15, -0.1) is 21.5 Å². The summed E-state index contributed by atoms with van der Waals surface area (Å²) >= 11 is 1.51. The third-order valence-electron chi connectivity index (χ3n) is 4.58. The molecule has 10 heteroatoms. The molecule has 30 heavy (non-hydrogen) atoms. The van der Waals surface area contributed by atoms with Gasteiger partial charge in [0.15, 0.2) is 21.3 Å². The molecule has 0 aliphatic rings. The molecule has 0 atom stereocenters. The highest BCUT2D eigenvalue weighted by atomic mass is 32.2. The number of aromatic nitrogens is 4. The Kier molecular flexibility index (Phi) is 5.12. The Bertz CT molecular complexity index is 1310. The van der Waals surface area contributed by atoms with E-state index in [1.165, 1.54) is 17.5 Å². The Morgan fingerprint density at radius 1 is 1.07 bits per heavy atom. The van der Waals surface area contributed by atoms with Crippen LogP contribution in [0, 0.1) is 6.92 Å². The summed E-state index contributed by atoms with van der Waals surface area (Å²) in [5, 5.41) is 9.63. The molecule has 0 amide bonds. The number of anilines is 1. The standard InChI is InChI=1S/C20H19N5O3S2/c1-11(2)30(26,27)14-6-4-13(5-7-14)15-10-22-18(21)16(23-15)19-24-25-20(28-19)17-12(3)8-9-29-17/h4-11H,1-3H3,(H2,21,22). The van der Waals surface area contributed by atoms with Crippen molar-refractivity contribution in [1.29, 1.82) is 0 Å². The van der Waals surface area contributed by atoms with Crippen molar-refractivity contribution in [3.8, 4) is 33.6 Å². The average molecular weight is 442 g/mol. The molecule has 8 nitrogen and oxygen atoms in total. The fourth-order valence-electron chi connectivity index (χ4n) is 2.78. The summed E-state index contributed by atoms with van der Waals surface area (Å²) in [6.07, 6.45) is 1.52. The Hall–Kier alpha value is -3.11. The van der Waals surface area contributed by atoms with Crippen molar-refractivity contribution >= 4 is 27.0 Å². The summed E-state index contributed by atoms with van der Waals surface area (Å²) in [6.45, 7) is 5.27. The number of hydrogen-bond donors (Lipinski definition) is 1. The second-order valence-corrected chi connectivity index (χ2v) is 10.4. The van der Waals surface area contributed by atoms with E-state index < -0.39 is 15.1 Å². The van der Waals surface area contributed by atoms with Gasteiger partial charge < -0.3 is 10.2 Å². The maximum absolute atomic E-state index is 12.3. The van der Waals surface area contributed by atoms with Crippen molar-refractivity contribution in [3.63, 3.8) is 0 Å². The number of hydrogen-bond acceptors (Lipinski definition) is 9. The van der Waals surface area contributed by atoms with E-state index in [1.807, 2.05) is 18.4 Å². The molecule has 0 saturated heterocycles. The normalized spacial score (nSPS) is 11.9. The largest absolute Gasteiger partial charge is 0.414 e. The van der Waals surface area contributed by atoms with Crippen LogP contribution in [0.25, 0.3) is 33.6 Å². The maximum atomic E-state index is 12.3. The zero-order chi connectivity index (χ0) is 21.5. The van der Waals surface area contributed by atoms with Crippen molar-refractivity contribution in [2.75, 3.05) is 5.73 Å². The summed E-state index contributed by atoms with van der Waals surface area (Å²) < 4.78 is 30.4. The molecular formula is C20H19N5O3S2. The number of rotatable bonds is 5. The molecule has 0 aliphatic heterocycles. The minimum atomic E-state index is -3.34. The van der Waals surface area contributed by atoms with Gasteiger partial charge in [-0.3, -0.25) is 0 Å². The molecule has 0 spiro atoms. The van der Waals surface area contributed by atoms with E-state index in [9.17, 15) is 8.42 Å². The van der Waals surface area contributed by atoms with E-state index in [0.717, 1.165) is 10.4 Å². The third-order valence-corrected chi connectivity index (χ3v) is 7.76. The molecule has 0 radical (unpaired) electrons. The molecule has 2 N–H and O–H groups in total. The van der Waals surface area contributed by atoms with Gasteiger partial charge in [0, 0.05) is 5.56 Å². The number of nitrogens with zero attached hydrogens (tertiary/aromatic N) is 4. The van der Waals surface area contributed by atoms with Crippen molar-refractivity contribution in [1.82, 2.24) is 20.2 Å². The van der Waals surface area contributed by atoms with Crippen LogP contribution < -0.4 is 5.73 Å². The second kappa shape index (κ2) is 7.62. The third kappa shape index (κ3) is 3.59. The van der Waals surface area contributed by atoms with E-state index in [1.54, 1.807) is 38.1 Å². The molecule has 4 aromatic rings. The molecule has 0 saturated carbocycles. The van der Waals surface area contributed by atoms with Crippen LogP contribution in [0.1, 0.15) is 19.4 Å². The highest BCUT2D eigenvalue weighted by Crippen LogP contribution is 2.32. The van der Waals surface area contributed by atoms with Crippen molar-refractivity contribution in [3.05, 3.63) is 47.5 Å². The molecule has 0 unspecified atom stereocenters. The molecule has 1 aromatic carbocycles. The predicted octanol–water partition coefficient (Wildman–Crippen LogP) is 3.99. The predicted molar refractivity (Wildman–Crippen MR) is 116 cm³/mol. The first-order chi connectivity index (χ1) is 14.3. The van der Waals surface area contributed by atoms with Gasteiger partial charge in [0.25, 0.3) is 11.8 Å². The molecule has 3 aromatic heterocycles. The van der Waals surface area contributed by atoms with E-state index in [4.69, 9.17) is 10.2 Å². The van der Waals surface area contributed by atoms with Crippen LogP contribution in [0.15, 0.2) is 51.2 Å². The number of nitrogens with two attached hydrogens (primary N) is 1. The van der Waals surface area contributed by atoms with Crippen molar-refractivity contribution in [2.45, 2.75) is 30.9 Å². The summed E-state index contributed by atoms with van der Waals surface area (Å²) in [5.41, 5.74) is 8.52. The molecule has 3 heterocycles. The van der Waals surface area contributed by atoms with Gasteiger partial charge in [-0.2, -0.15) is 0 Å². The van der Waals surface area contributed by atoms with Crippen LogP contribution in [0.5, 0.6) is 0 Å². The van der Waals surface area contributed by atoms with Crippen LogP contribution in [-0.4, -0.2) is 33.8 Å². The summed E-state index contributed by atoms with van der Waals surface area (Å²) in [7, 11) is -3.34. The molecular weight excluding hydrogens is 422 g/mol. The highest BCUT2D eigenvalue weighted by molar-refractivity contribution is 7.92. The van der Waals surface area contributed by atoms with Crippen molar-refractivity contribution < 1.29 is 12.8 Å². The molecule has 0 fully saturated rings. The fourth-order valence-corrected chi connectivity index (χ4v) is 4.69. The lowest BCUT2D eigenvalue weighted by atomic mass is 10.1. The first-order valence-electron chi connectivity index (χ1n) is 9.12. The Labute approximate surface area is 177 Å². The first kappa shape index (κ1) is 20.2. The second-order valence-electron chi connectivity index (χ2n) is 6.95. The fraction of sp³-hybridized carbons (Fsp3) is 0.200. The summed E-state index contributed by atoms with van der Waals surface area (Å²) in [5.74, 6) is 0.729. The number of nitrogen functional groups attached to an aromatic ring is 1. The smallest absolute Gasteiger partial charge is 0.270 e. The molecule has 4 rings (SSSR count). The minimum absolute atomic E-state index is 0.163. The average Bonchev–Trinajstić information content (AvgIpc) is 3.37. The first-order valence-corrected chi connectivity index (χ1v) is 11.5. The highest BCUT2D eigenvalue weighted by Gasteiger charge is 2.20. The monoisotopic (exact) mass is 441 g/mol. The Balaban J connectivity index is 1.69. The Morgan fingerprint density at radius 2 is 1.77 bits per heavy atom. The minimum Gasteiger partial charge on any atom is -0.414 e. The van der Waals surface area contributed by atoms with Crippen LogP contribution in [-0.2, 0) is 9.84 Å².